The van der Waals surface area contributed by atoms with Crippen molar-refractivity contribution in [2.75, 3.05) is 18.8 Å². The lowest BCUT2D eigenvalue weighted by atomic mass is 9.98. The summed E-state index contributed by atoms with van der Waals surface area (Å²) in [4.78, 5) is 5.76. The van der Waals surface area contributed by atoms with Gasteiger partial charge < -0.3 is 5.32 Å². The Hall–Kier alpha value is -0.500. The molecule has 0 atom stereocenters. The van der Waals surface area contributed by atoms with Crippen LogP contribution in [0, 0.1) is 5.92 Å². The van der Waals surface area contributed by atoms with Gasteiger partial charge in [0.15, 0.2) is 0 Å². The Morgan fingerprint density at radius 2 is 1.96 bits per heavy atom. The second-order valence-corrected chi connectivity index (χ2v) is 11.2. The summed E-state index contributed by atoms with van der Waals surface area (Å²) in [5.41, 5.74) is 0.0963. The molecule has 0 aromatic carbocycles. The molecular formula is C17H31N3O2S2. The molecule has 24 heavy (non-hydrogen) atoms. The summed E-state index contributed by atoms with van der Waals surface area (Å²) in [5.74, 6) is 0.427. The highest BCUT2D eigenvalue weighted by Gasteiger charge is 2.28. The predicted molar refractivity (Wildman–Crippen MR) is 101 cm³/mol. The lowest BCUT2D eigenvalue weighted by molar-refractivity contribution is 0.288. The van der Waals surface area contributed by atoms with Crippen molar-refractivity contribution in [3.05, 3.63) is 16.1 Å². The second kappa shape index (κ2) is 7.81. The number of nitrogens with one attached hydrogen (secondary N) is 1. The minimum Gasteiger partial charge on any atom is -0.309 e. The van der Waals surface area contributed by atoms with E-state index in [0.717, 1.165) is 24.4 Å². The number of nitrogens with zero attached hydrogens (tertiary/aromatic N) is 2. The third kappa shape index (κ3) is 5.51. The highest BCUT2D eigenvalue weighted by molar-refractivity contribution is 7.89. The van der Waals surface area contributed by atoms with Crippen molar-refractivity contribution in [2.45, 2.75) is 65.5 Å². The van der Waals surface area contributed by atoms with Gasteiger partial charge in [-0.25, -0.2) is 17.7 Å². The Morgan fingerprint density at radius 1 is 1.33 bits per heavy atom. The van der Waals surface area contributed by atoms with Crippen molar-refractivity contribution in [3.63, 3.8) is 0 Å². The van der Waals surface area contributed by atoms with Crippen LogP contribution >= 0.6 is 11.3 Å². The molecule has 1 aromatic rings. The van der Waals surface area contributed by atoms with E-state index in [9.17, 15) is 8.42 Å². The van der Waals surface area contributed by atoms with E-state index < -0.39 is 10.0 Å². The van der Waals surface area contributed by atoms with E-state index in [1.165, 1.54) is 4.88 Å². The van der Waals surface area contributed by atoms with Gasteiger partial charge in [0.25, 0.3) is 0 Å². The maximum atomic E-state index is 12.3. The van der Waals surface area contributed by atoms with Crippen LogP contribution < -0.4 is 5.32 Å². The maximum absolute atomic E-state index is 12.3. The Kier molecular flexibility index (Phi) is 6.45. The molecule has 0 unspecified atom stereocenters. The zero-order valence-corrected chi connectivity index (χ0v) is 17.1. The van der Waals surface area contributed by atoms with Gasteiger partial charge in [0.1, 0.15) is 0 Å². The average Bonchev–Trinajstić information content (AvgIpc) is 2.93. The monoisotopic (exact) mass is 373 g/mol. The highest BCUT2D eigenvalue weighted by Crippen LogP contribution is 2.27. The zero-order valence-electron chi connectivity index (χ0n) is 15.5. The lowest BCUT2D eigenvalue weighted by Crippen LogP contribution is -2.45. The van der Waals surface area contributed by atoms with Crippen molar-refractivity contribution >= 4 is 21.4 Å². The standard InChI is InChI=1S/C17H31N3O2S2/c1-13(2)12-24(21,22)20-8-6-14(7-9-20)18-10-15-11-19-16(23-15)17(3,4)5/h11,13-14,18H,6-10,12H2,1-5H3. The second-order valence-electron chi connectivity index (χ2n) is 8.11. The SMILES string of the molecule is CC(C)CS(=O)(=O)N1CCC(NCc2cnc(C(C)(C)C)s2)CC1. The molecule has 0 aliphatic carbocycles. The molecule has 7 heteroatoms. The largest absolute Gasteiger partial charge is 0.309 e. The van der Waals surface area contributed by atoms with Gasteiger partial charge in [-0.1, -0.05) is 34.6 Å². The molecular weight excluding hydrogens is 342 g/mol. The van der Waals surface area contributed by atoms with E-state index in [0.29, 0.717) is 19.1 Å². The van der Waals surface area contributed by atoms with Gasteiger partial charge in [0.05, 0.1) is 10.8 Å². The lowest BCUT2D eigenvalue weighted by Gasteiger charge is -2.32. The quantitative estimate of drug-likeness (QED) is 0.833. The molecule has 2 heterocycles. The Balaban J connectivity index is 1.80. The molecule has 0 radical (unpaired) electrons. The van der Waals surface area contributed by atoms with Crippen LogP contribution in [-0.2, 0) is 22.0 Å². The summed E-state index contributed by atoms with van der Waals surface area (Å²) in [6.45, 7) is 12.5. The van der Waals surface area contributed by atoms with Crippen molar-refractivity contribution in [1.82, 2.24) is 14.6 Å². The number of hydrogen-bond acceptors (Lipinski definition) is 5. The Morgan fingerprint density at radius 3 is 2.46 bits per heavy atom. The highest BCUT2D eigenvalue weighted by atomic mass is 32.2. The molecule has 1 saturated heterocycles. The average molecular weight is 374 g/mol. The third-order valence-electron chi connectivity index (χ3n) is 4.15. The molecule has 1 fully saturated rings. The summed E-state index contributed by atoms with van der Waals surface area (Å²) in [5, 5.41) is 4.73. The van der Waals surface area contributed by atoms with E-state index in [1.807, 2.05) is 20.0 Å². The van der Waals surface area contributed by atoms with Crippen LogP contribution in [0.25, 0.3) is 0 Å². The van der Waals surface area contributed by atoms with Crippen LogP contribution in [0.5, 0.6) is 0 Å². The summed E-state index contributed by atoms with van der Waals surface area (Å²) >= 11 is 1.76. The number of thiazole rings is 1. The van der Waals surface area contributed by atoms with Crippen molar-refractivity contribution in [2.24, 2.45) is 5.92 Å². The van der Waals surface area contributed by atoms with E-state index in [2.05, 4.69) is 31.1 Å². The van der Waals surface area contributed by atoms with Gasteiger partial charge in [-0.2, -0.15) is 0 Å². The topological polar surface area (TPSA) is 62.3 Å². The molecule has 5 nitrogen and oxygen atoms in total. The number of aromatic nitrogens is 1. The molecule has 0 amide bonds. The fourth-order valence-corrected chi connectivity index (χ4v) is 5.59. The van der Waals surface area contributed by atoms with E-state index >= 15 is 0 Å². The molecule has 1 aliphatic rings. The molecule has 0 bridgehead atoms. The zero-order chi connectivity index (χ0) is 18.0. The summed E-state index contributed by atoms with van der Waals surface area (Å²) < 4.78 is 26.2. The van der Waals surface area contributed by atoms with Crippen LogP contribution in [0.3, 0.4) is 0 Å². The molecule has 138 valence electrons. The normalized spacial score (nSPS) is 18.4. The minimum atomic E-state index is -3.09. The number of hydrogen-bond donors (Lipinski definition) is 1. The maximum Gasteiger partial charge on any atom is 0.214 e. The summed E-state index contributed by atoms with van der Waals surface area (Å²) in [7, 11) is -3.09. The van der Waals surface area contributed by atoms with Gasteiger partial charge in [-0.3, -0.25) is 0 Å². The smallest absolute Gasteiger partial charge is 0.214 e. The molecule has 1 N–H and O–H groups in total. The third-order valence-corrected chi connectivity index (χ3v) is 7.81. The van der Waals surface area contributed by atoms with Crippen LogP contribution in [0.4, 0.5) is 0 Å². The number of piperidine rings is 1. The molecule has 1 aliphatic heterocycles. The minimum absolute atomic E-state index is 0.0963. The Labute approximate surface area is 150 Å². The van der Waals surface area contributed by atoms with E-state index in [4.69, 9.17) is 0 Å². The molecule has 0 saturated carbocycles. The van der Waals surface area contributed by atoms with Crippen LogP contribution in [0.15, 0.2) is 6.20 Å². The first-order valence-corrected chi connectivity index (χ1v) is 11.2. The van der Waals surface area contributed by atoms with Crippen molar-refractivity contribution in [3.8, 4) is 0 Å². The van der Waals surface area contributed by atoms with Gasteiger partial charge in [-0.05, 0) is 18.8 Å². The van der Waals surface area contributed by atoms with Gasteiger partial charge >= 0.3 is 0 Å². The fraction of sp³-hybridized carbons (Fsp3) is 0.824. The number of sulfonamides is 1. The molecule has 1 aromatic heterocycles. The molecule has 2 rings (SSSR count). The van der Waals surface area contributed by atoms with Gasteiger partial charge in [0.2, 0.25) is 10.0 Å². The van der Waals surface area contributed by atoms with Crippen molar-refractivity contribution < 1.29 is 8.42 Å². The first kappa shape index (κ1) is 19.8. The molecule has 0 spiro atoms. The van der Waals surface area contributed by atoms with Crippen LogP contribution in [0.2, 0.25) is 0 Å². The fourth-order valence-electron chi connectivity index (χ4n) is 2.85. The summed E-state index contributed by atoms with van der Waals surface area (Å²) in [6.07, 6.45) is 3.71. The van der Waals surface area contributed by atoms with Gasteiger partial charge in [0, 0.05) is 42.2 Å². The number of rotatable bonds is 6. The van der Waals surface area contributed by atoms with Crippen LogP contribution in [0.1, 0.15) is 57.3 Å². The first-order valence-electron chi connectivity index (χ1n) is 8.74. The first-order chi connectivity index (χ1) is 11.1. The Bertz CT molecular complexity index is 625. The van der Waals surface area contributed by atoms with Crippen LogP contribution in [-0.4, -0.2) is 42.6 Å². The summed E-state index contributed by atoms with van der Waals surface area (Å²) in [6, 6.07) is 0.385. The van der Waals surface area contributed by atoms with Crippen molar-refractivity contribution in [1.29, 1.82) is 0 Å². The predicted octanol–water partition coefficient (Wildman–Crippen LogP) is 2.98. The van der Waals surface area contributed by atoms with Gasteiger partial charge in [-0.15, -0.1) is 11.3 Å². The van der Waals surface area contributed by atoms with E-state index in [-0.39, 0.29) is 17.1 Å². The van der Waals surface area contributed by atoms with E-state index in [1.54, 1.807) is 15.6 Å².